The van der Waals surface area contributed by atoms with Crippen molar-refractivity contribution >= 4 is 5.91 Å². The maximum Gasteiger partial charge on any atom is 0.220 e. The molecular formula is C20H24N2O3. The lowest BCUT2D eigenvalue weighted by Crippen LogP contribution is -2.50. The molecule has 1 aliphatic rings. The van der Waals surface area contributed by atoms with Crippen LogP contribution >= 0.6 is 0 Å². The molecule has 1 saturated heterocycles. The number of aryl methyl sites for hydroxylation is 1. The summed E-state index contributed by atoms with van der Waals surface area (Å²) in [4.78, 5) is 16.5. The Morgan fingerprint density at radius 3 is 2.84 bits per heavy atom. The van der Waals surface area contributed by atoms with Gasteiger partial charge in [-0.25, -0.2) is 0 Å². The van der Waals surface area contributed by atoms with E-state index in [2.05, 4.69) is 10.3 Å². The van der Waals surface area contributed by atoms with E-state index in [-0.39, 0.29) is 18.1 Å². The van der Waals surface area contributed by atoms with Crippen LogP contribution in [-0.4, -0.2) is 36.3 Å². The molecule has 0 bridgehead atoms. The Hall–Kier alpha value is -2.24. The van der Waals surface area contributed by atoms with Crippen molar-refractivity contribution in [3.8, 4) is 0 Å². The van der Waals surface area contributed by atoms with Gasteiger partial charge in [-0.2, -0.15) is 0 Å². The van der Waals surface area contributed by atoms with Crippen LogP contribution in [0.4, 0.5) is 0 Å². The molecule has 0 radical (unpaired) electrons. The standard InChI is InChI=1S/C20H24N2O3/c23-20(10-9-17-8-4-5-12-21-17)22-18-15-24-13-11-19(18)25-14-16-6-2-1-3-7-16/h1-8,12,18-19H,9-11,13-15H2,(H,22,23)/t18-,19+/m1/s1. The first kappa shape index (κ1) is 17.6. The molecular weight excluding hydrogens is 316 g/mol. The number of pyridine rings is 1. The lowest BCUT2D eigenvalue weighted by Gasteiger charge is -2.32. The number of hydrogen-bond donors (Lipinski definition) is 1. The van der Waals surface area contributed by atoms with Crippen LogP contribution in [0, 0.1) is 0 Å². The molecule has 5 nitrogen and oxygen atoms in total. The highest BCUT2D eigenvalue weighted by atomic mass is 16.5. The highest BCUT2D eigenvalue weighted by Gasteiger charge is 2.27. The number of ether oxygens (including phenoxy) is 2. The molecule has 25 heavy (non-hydrogen) atoms. The summed E-state index contributed by atoms with van der Waals surface area (Å²) in [6.07, 6.45) is 3.57. The van der Waals surface area contributed by atoms with Gasteiger partial charge >= 0.3 is 0 Å². The molecule has 0 aliphatic carbocycles. The fourth-order valence-electron chi connectivity index (χ4n) is 2.90. The minimum absolute atomic E-state index is 0.00876. The quantitative estimate of drug-likeness (QED) is 0.841. The zero-order valence-electron chi connectivity index (χ0n) is 14.3. The highest BCUT2D eigenvalue weighted by Crippen LogP contribution is 2.15. The van der Waals surface area contributed by atoms with E-state index in [9.17, 15) is 4.79 Å². The summed E-state index contributed by atoms with van der Waals surface area (Å²) in [6.45, 7) is 1.71. The molecule has 1 aliphatic heterocycles. The smallest absolute Gasteiger partial charge is 0.220 e. The molecule has 0 unspecified atom stereocenters. The van der Waals surface area contributed by atoms with Crippen molar-refractivity contribution < 1.29 is 14.3 Å². The van der Waals surface area contributed by atoms with Crippen LogP contribution in [0.2, 0.25) is 0 Å². The summed E-state index contributed by atoms with van der Waals surface area (Å²) >= 11 is 0. The molecule has 132 valence electrons. The largest absolute Gasteiger partial charge is 0.379 e. The predicted molar refractivity (Wildman–Crippen MR) is 94.9 cm³/mol. The van der Waals surface area contributed by atoms with Gasteiger partial charge in [-0.1, -0.05) is 36.4 Å². The van der Waals surface area contributed by atoms with E-state index < -0.39 is 0 Å². The first-order valence-electron chi connectivity index (χ1n) is 8.74. The molecule has 0 spiro atoms. The summed E-state index contributed by atoms with van der Waals surface area (Å²) < 4.78 is 11.6. The second-order valence-electron chi connectivity index (χ2n) is 6.19. The third kappa shape index (κ3) is 5.66. The third-order valence-corrected chi connectivity index (χ3v) is 4.28. The topological polar surface area (TPSA) is 60.5 Å². The summed E-state index contributed by atoms with van der Waals surface area (Å²) in [7, 11) is 0. The molecule has 1 amide bonds. The molecule has 3 rings (SSSR count). The van der Waals surface area contributed by atoms with Crippen LogP contribution in [0.15, 0.2) is 54.7 Å². The highest BCUT2D eigenvalue weighted by molar-refractivity contribution is 5.76. The molecule has 0 saturated carbocycles. The number of nitrogens with one attached hydrogen (secondary N) is 1. The van der Waals surface area contributed by atoms with Crippen molar-refractivity contribution in [2.75, 3.05) is 13.2 Å². The van der Waals surface area contributed by atoms with Gasteiger partial charge in [0.2, 0.25) is 5.91 Å². The van der Waals surface area contributed by atoms with Crippen molar-refractivity contribution in [2.45, 2.75) is 38.0 Å². The summed E-state index contributed by atoms with van der Waals surface area (Å²) in [5.74, 6) is 0.00876. The molecule has 1 N–H and O–H groups in total. The average Bonchev–Trinajstić information content (AvgIpc) is 2.67. The second-order valence-corrected chi connectivity index (χ2v) is 6.19. The maximum absolute atomic E-state index is 12.3. The Bertz CT molecular complexity index is 649. The van der Waals surface area contributed by atoms with Crippen LogP contribution in [-0.2, 0) is 27.3 Å². The zero-order valence-corrected chi connectivity index (χ0v) is 14.3. The molecule has 1 fully saturated rings. The van der Waals surface area contributed by atoms with Gasteiger partial charge in [0.25, 0.3) is 0 Å². The Balaban J connectivity index is 1.47. The number of carbonyl (C=O) groups is 1. The van der Waals surface area contributed by atoms with E-state index in [1.165, 1.54) is 0 Å². The summed E-state index contributed by atoms with van der Waals surface area (Å²) in [5, 5.41) is 3.06. The SMILES string of the molecule is O=C(CCc1ccccn1)N[C@@H]1COCC[C@@H]1OCc1ccccc1. The first-order valence-corrected chi connectivity index (χ1v) is 8.74. The summed E-state index contributed by atoms with van der Waals surface area (Å²) in [6, 6.07) is 15.7. The molecule has 2 atom stereocenters. The zero-order chi connectivity index (χ0) is 17.3. The number of benzene rings is 1. The van der Waals surface area contributed by atoms with Gasteiger partial charge in [0.05, 0.1) is 25.4 Å². The number of carbonyl (C=O) groups excluding carboxylic acids is 1. The van der Waals surface area contributed by atoms with E-state index in [0.717, 1.165) is 17.7 Å². The molecule has 5 heteroatoms. The molecule has 1 aromatic heterocycles. The number of amides is 1. The Morgan fingerprint density at radius 1 is 1.20 bits per heavy atom. The van der Waals surface area contributed by atoms with Gasteiger partial charge in [0.15, 0.2) is 0 Å². The molecule has 2 heterocycles. The van der Waals surface area contributed by atoms with E-state index in [0.29, 0.717) is 32.7 Å². The van der Waals surface area contributed by atoms with E-state index in [4.69, 9.17) is 9.47 Å². The molecule has 1 aromatic carbocycles. The monoisotopic (exact) mass is 340 g/mol. The van der Waals surface area contributed by atoms with E-state index in [1.807, 2.05) is 48.5 Å². The maximum atomic E-state index is 12.3. The minimum atomic E-state index is -0.103. The predicted octanol–water partition coefficient (Wildman–Crippen LogP) is 2.50. The molecule has 2 aromatic rings. The average molecular weight is 340 g/mol. The van der Waals surface area contributed by atoms with Crippen LogP contribution in [0.1, 0.15) is 24.1 Å². The number of aromatic nitrogens is 1. The Kier molecular flexibility index (Phi) is 6.54. The van der Waals surface area contributed by atoms with Crippen molar-refractivity contribution in [1.82, 2.24) is 10.3 Å². The van der Waals surface area contributed by atoms with Gasteiger partial charge in [-0.15, -0.1) is 0 Å². The van der Waals surface area contributed by atoms with Crippen molar-refractivity contribution in [1.29, 1.82) is 0 Å². The van der Waals surface area contributed by atoms with Gasteiger partial charge in [-0.3, -0.25) is 9.78 Å². The Labute approximate surface area is 148 Å². The number of rotatable bonds is 7. The van der Waals surface area contributed by atoms with Gasteiger partial charge < -0.3 is 14.8 Å². The lowest BCUT2D eigenvalue weighted by atomic mass is 10.1. The van der Waals surface area contributed by atoms with Crippen molar-refractivity contribution in [2.24, 2.45) is 0 Å². The van der Waals surface area contributed by atoms with Crippen molar-refractivity contribution in [3.63, 3.8) is 0 Å². The van der Waals surface area contributed by atoms with Gasteiger partial charge in [0, 0.05) is 24.9 Å². The number of hydrogen-bond acceptors (Lipinski definition) is 4. The van der Waals surface area contributed by atoms with Gasteiger partial charge in [0.1, 0.15) is 0 Å². The van der Waals surface area contributed by atoms with E-state index >= 15 is 0 Å². The van der Waals surface area contributed by atoms with Crippen LogP contribution in [0.3, 0.4) is 0 Å². The number of nitrogens with zero attached hydrogens (tertiary/aromatic N) is 1. The van der Waals surface area contributed by atoms with Crippen LogP contribution < -0.4 is 5.32 Å². The van der Waals surface area contributed by atoms with Crippen molar-refractivity contribution in [3.05, 3.63) is 66.0 Å². The van der Waals surface area contributed by atoms with E-state index in [1.54, 1.807) is 6.20 Å². The van der Waals surface area contributed by atoms with Crippen LogP contribution in [0.5, 0.6) is 0 Å². The van der Waals surface area contributed by atoms with Crippen LogP contribution in [0.25, 0.3) is 0 Å². The third-order valence-electron chi connectivity index (χ3n) is 4.28. The summed E-state index contributed by atoms with van der Waals surface area (Å²) in [5.41, 5.74) is 2.06. The first-order chi connectivity index (χ1) is 12.3. The second kappa shape index (κ2) is 9.30. The minimum Gasteiger partial charge on any atom is -0.379 e. The normalized spacial score (nSPS) is 20.2. The fraction of sp³-hybridized carbons (Fsp3) is 0.400. The van der Waals surface area contributed by atoms with Gasteiger partial charge in [-0.05, 0) is 30.5 Å². The lowest BCUT2D eigenvalue weighted by molar-refractivity contribution is -0.126. The fourth-order valence-corrected chi connectivity index (χ4v) is 2.90. The Morgan fingerprint density at radius 2 is 2.04 bits per heavy atom.